The van der Waals surface area contributed by atoms with Gasteiger partial charge < -0.3 is 5.32 Å². The van der Waals surface area contributed by atoms with Gasteiger partial charge in [-0.05, 0) is 39.0 Å². The SMILES string of the molecule is CCCCCCCCC/C=C\CCCCCCCC(=O)NC(C)S(=O)(=O)O. The van der Waals surface area contributed by atoms with Crippen molar-refractivity contribution >= 4 is 16.0 Å². The van der Waals surface area contributed by atoms with Gasteiger partial charge in [-0.3, -0.25) is 9.35 Å². The minimum Gasteiger partial charge on any atom is -0.338 e. The number of carbonyl (C=O) groups excluding carboxylic acids is 1. The Morgan fingerprint density at radius 3 is 1.78 bits per heavy atom. The van der Waals surface area contributed by atoms with E-state index in [4.69, 9.17) is 4.55 Å². The van der Waals surface area contributed by atoms with Crippen molar-refractivity contribution in [2.75, 3.05) is 0 Å². The Hall–Kier alpha value is -0.880. The van der Waals surface area contributed by atoms with E-state index in [0.29, 0.717) is 6.42 Å². The standard InChI is InChI=1S/C21H41NO4S/c1-3-4-5-6-7-8-9-10-11-12-13-14-15-16-17-18-19-21(23)22-20(2)27(24,25)26/h11-12,20H,3-10,13-19H2,1-2H3,(H,22,23)(H,24,25,26)/b12-11-. The molecular formula is C21H41NO4S. The molecular weight excluding hydrogens is 362 g/mol. The topological polar surface area (TPSA) is 83.5 Å². The van der Waals surface area contributed by atoms with Gasteiger partial charge in [0.25, 0.3) is 10.1 Å². The number of allylic oxidation sites excluding steroid dienone is 2. The van der Waals surface area contributed by atoms with E-state index < -0.39 is 15.5 Å². The van der Waals surface area contributed by atoms with Gasteiger partial charge in [-0.25, -0.2) is 0 Å². The molecule has 0 saturated carbocycles. The molecule has 0 saturated heterocycles. The molecule has 0 fully saturated rings. The number of hydrogen-bond acceptors (Lipinski definition) is 3. The number of carbonyl (C=O) groups is 1. The molecule has 0 spiro atoms. The molecule has 6 heteroatoms. The van der Waals surface area contributed by atoms with Crippen LogP contribution in [0, 0.1) is 0 Å². The molecule has 0 aliphatic carbocycles. The molecule has 0 rings (SSSR count). The summed E-state index contributed by atoms with van der Waals surface area (Å²) in [5.41, 5.74) is 0. The van der Waals surface area contributed by atoms with E-state index in [0.717, 1.165) is 32.1 Å². The highest BCUT2D eigenvalue weighted by atomic mass is 32.2. The van der Waals surface area contributed by atoms with Crippen molar-refractivity contribution in [1.82, 2.24) is 5.32 Å². The monoisotopic (exact) mass is 403 g/mol. The number of amides is 1. The average molecular weight is 404 g/mol. The first-order chi connectivity index (χ1) is 12.9. The first-order valence-corrected chi connectivity index (χ1v) is 12.3. The summed E-state index contributed by atoms with van der Waals surface area (Å²) in [6.45, 7) is 3.51. The van der Waals surface area contributed by atoms with Crippen LogP contribution in [0.4, 0.5) is 0 Å². The molecule has 2 N–H and O–H groups in total. The van der Waals surface area contributed by atoms with Crippen LogP contribution >= 0.6 is 0 Å². The zero-order valence-corrected chi connectivity index (χ0v) is 18.2. The van der Waals surface area contributed by atoms with Gasteiger partial charge in [0.05, 0.1) is 0 Å². The van der Waals surface area contributed by atoms with Gasteiger partial charge >= 0.3 is 0 Å². The van der Waals surface area contributed by atoms with Crippen molar-refractivity contribution in [2.24, 2.45) is 0 Å². The molecule has 0 aromatic heterocycles. The summed E-state index contributed by atoms with van der Waals surface area (Å²) < 4.78 is 30.5. The summed E-state index contributed by atoms with van der Waals surface area (Å²) in [7, 11) is -4.20. The van der Waals surface area contributed by atoms with Gasteiger partial charge in [0.15, 0.2) is 5.37 Å². The van der Waals surface area contributed by atoms with Crippen LogP contribution in [-0.4, -0.2) is 24.3 Å². The Bertz CT molecular complexity index is 488. The molecule has 1 atom stereocenters. The van der Waals surface area contributed by atoms with Crippen molar-refractivity contribution in [1.29, 1.82) is 0 Å². The average Bonchev–Trinajstić information content (AvgIpc) is 2.60. The van der Waals surface area contributed by atoms with Gasteiger partial charge in [-0.1, -0.05) is 76.9 Å². The summed E-state index contributed by atoms with van der Waals surface area (Å²) >= 11 is 0. The van der Waals surface area contributed by atoms with E-state index in [-0.39, 0.29) is 5.91 Å². The lowest BCUT2D eigenvalue weighted by molar-refractivity contribution is -0.121. The Morgan fingerprint density at radius 1 is 0.852 bits per heavy atom. The second kappa shape index (κ2) is 17.2. The van der Waals surface area contributed by atoms with Crippen LogP contribution in [0.15, 0.2) is 12.2 Å². The maximum atomic E-state index is 11.6. The zero-order valence-electron chi connectivity index (χ0n) is 17.4. The number of hydrogen-bond donors (Lipinski definition) is 2. The van der Waals surface area contributed by atoms with Crippen molar-refractivity contribution in [2.45, 2.75) is 116 Å². The molecule has 1 amide bonds. The third-order valence-corrected chi connectivity index (χ3v) is 5.74. The summed E-state index contributed by atoms with van der Waals surface area (Å²) in [4.78, 5) is 11.6. The minimum atomic E-state index is -4.20. The van der Waals surface area contributed by atoms with Gasteiger partial charge in [0.1, 0.15) is 0 Å². The van der Waals surface area contributed by atoms with E-state index in [1.807, 2.05) is 0 Å². The van der Waals surface area contributed by atoms with Gasteiger partial charge in [-0.15, -0.1) is 0 Å². The van der Waals surface area contributed by atoms with Crippen LogP contribution < -0.4 is 5.32 Å². The molecule has 0 bridgehead atoms. The van der Waals surface area contributed by atoms with Crippen LogP contribution in [0.25, 0.3) is 0 Å². The fourth-order valence-electron chi connectivity index (χ4n) is 2.91. The first kappa shape index (κ1) is 26.1. The smallest absolute Gasteiger partial charge is 0.285 e. The summed E-state index contributed by atoms with van der Waals surface area (Å²) in [5, 5.41) is 1.05. The van der Waals surface area contributed by atoms with E-state index >= 15 is 0 Å². The van der Waals surface area contributed by atoms with E-state index in [9.17, 15) is 13.2 Å². The van der Waals surface area contributed by atoms with Crippen LogP contribution in [0.5, 0.6) is 0 Å². The maximum absolute atomic E-state index is 11.6. The van der Waals surface area contributed by atoms with Crippen LogP contribution in [0.3, 0.4) is 0 Å². The maximum Gasteiger partial charge on any atom is 0.285 e. The Kier molecular flexibility index (Phi) is 16.7. The quantitative estimate of drug-likeness (QED) is 0.173. The van der Waals surface area contributed by atoms with Crippen molar-refractivity contribution < 1.29 is 17.8 Å². The van der Waals surface area contributed by atoms with Crippen LogP contribution in [0.2, 0.25) is 0 Å². The van der Waals surface area contributed by atoms with E-state index in [2.05, 4.69) is 24.4 Å². The summed E-state index contributed by atoms with van der Waals surface area (Å²) in [6, 6.07) is 0. The highest BCUT2D eigenvalue weighted by Gasteiger charge is 2.18. The van der Waals surface area contributed by atoms with Crippen LogP contribution in [-0.2, 0) is 14.9 Å². The first-order valence-electron chi connectivity index (χ1n) is 10.8. The van der Waals surface area contributed by atoms with Crippen LogP contribution in [0.1, 0.15) is 110 Å². The zero-order chi connectivity index (χ0) is 20.4. The Balaban J connectivity index is 3.36. The molecule has 0 aromatic rings. The normalized spacial score (nSPS) is 13.1. The van der Waals surface area contributed by atoms with E-state index in [1.165, 1.54) is 64.7 Å². The predicted octanol–water partition coefficient (Wildman–Crippen LogP) is 5.76. The molecule has 0 aliphatic rings. The summed E-state index contributed by atoms with van der Waals surface area (Å²) in [6.07, 6.45) is 21.9. The third kappa shape index (κ3) is 18.3. The van der Waals surface area contributed by atoms with Crippen molar-refractivity contribution in [3.8, 4) is 0 Å². The number of unbranched alkanes of at least 4 members (excludes halogenated alkanes) is 12. The second-order valence-electron chi connectivity index (χ2n) is 7.41. The highest BCUT2D eigenvalue weighted by Crippen LogP contribution is 2.10. The van der Waals surface area contributed by atoms with Crippen molar-refractivity contribution in [3.05, 3.63) is 12.2 Å². The number of rotatable bonds is 18. The lowest BCUT2D eigenvalue weighted by Crippen LogP contribution is -2.37. The lowest BCUT2D eigenvalue weighted by atomic mass is 10.1. The fourth-order valence-corrected chi connectivity index (χ4v) is 3.19. The molecule has 0 radical (unpaired) electrons. The Labute approximate surface area is 167 Å². The van der Waals surface area contributed by atoms with Gasteiger partial charge in [-0.2, -0.15) is 8.42 Å². The number of nitrogens with one attached hydrogen (secondary N) is 1. The van der Waals surface area contributed by atoms with Crippen molar-refractivity contribution in [3.63, 3.8) is 0 Å². The summed E-state index contributed by atoms with van der Waals surface area (Å²) in [5.74, 6) is -0.326. The molecule has 0 aromatic carbocycles. The molecule has 5 nitrogen and oxygen atoms in total. The molecule has 0 heterocycles. The van der Waals surface area contributed by atoms with E-state index in [1.54, 1.807) is 0 Å². The minimum absolute atomic E-state index is 0.304. The second-order valence-corrected chi connectivity index (χ2v) is 9.15. The molecule has 160 valence electrons. The van der Waals surface area contributed by atoms with Gasteiger partial charge in [0, 0.05) is 6.42 Å². The lowest BCUT2D eigenvalue weighted by Gasteiger charge is -2.10. The Morgan fingerprint density at radius 2 is 1.30 bits per heavy atom. The molecule has 1 unspecified atom stereocenters. The van der Waals surface area contributed by atoms with Gasteiger partial charge in [0.2, 0.25) is 5.91 Å². The third-order valence-electron chi connectivity index (χ3n) is 4.73. The fraction of sp³-hybridized carbons (Fsp3) is 0.857. The highest BCUT2D eigenvalue weighted by molar-refractivity contribution is 7.86. The predicted molar refractivity (Wildman–Crippen MR) is 113 cm³/mol. The molecule has 0 aliphatic heterocycles. The largest absolute Gasteiger partial charge is 0.338 e. The molecule has 27 heavy (non-hydrogen) atoms.